The third-order valence-corrected chi connectivity index (χ3v) is 3.14. The molecule has 19 heavy (non-hydrogen) atoms. The van der Waals surface area contributed by atoms with Crippen LogP contribution in [0, 0.1) is 12.3 Å². The van der Waals surface area contributed by atoms with E-state index in [-0.39, 0.29) is 0 Å². The van der Waals surface area contributed by atoms with Crippen LogP contribution in [0.3, 0.4) is 0 Å². The van der Waals surface area contributed by atoms with Gasteiger partial charge in [0.1, 0.15) is 0 Å². The van der Waals surface area contributed by atoms with Crippen LogP contribution in [0.4, 0.5) is 5.69 Å². The van der Waals surface area contributed by atoms with Gasteiger partial charge in [-0.2, -0.15) is 0 Å². The number of nitrogens with zero attached hydrogens (tertiary/aromatic N) is 1. The van der Waals surface area contributed by atoms with E-state index >= 15 is 0 Å². The van der Waals surface area contributed by atoms with E-state index < -0.39 is 5.97 Å². The van der Waals surface area contributed by atoms with E-state index in [0.29, 0.717) is 12.1 Å². The Balaban J connectivity index is 2.68. The molecule has 0 unspecified atom stereocenters. The van der Waals surface area contributed by atoms with E-state index in [1.54, 1.807) is 6.07 Å². The Morgan fingerprint density at radius 1 is 1.26 bits per heavy atom. The van der Waals surface area contributed by atoms with Crippen molar-refractivity contribution < 1.29 is 9.90 Å². The average Bonchev–Trinajstić information content (AvgIpc) is 2.43. The second kappa shape index (κ2) is 5.45. The second-order valence-electron chi connectivity index (χ2n) is 4.20. The van der Waals surface area contributed by atoms with Crippen molar-refractivity contribution in [2.45, 2.75) is 6.92 Å². The first-order valence-electron chi connectivity index (χ1n) is 6.12. The zero-order chi connectivity index (χ0) is 13.8. The standard InChI is InChI=1S/C16H15NO2/c1-3-11-17(4-2)15-10-9-14(16(18)19)12-7-5-6-8-13(12)15/h1,5-10H,4,11H2,2H3,(H,18,19). The van der Waals surface area contributed by atoms with E-state index in [2.05, 4.69) is 5.92 Å². The molecule has 0 bridgehead atoms. The summed E-state index contributed by atoms with van der Waals surface area (Å²) in [6.45, 7) is 3.31. The Morgan fingerprint density at radius 2 is 1.95 bits per heavy atom. The van der Waals surface area contributed by atoms with Gasteiger partial charge in [0.25, 0.3) is 0 Å². The number of hydrogen-bond acceptors (Lipinski definition) is 2. The van der Waals surface area contributed by atoms with E-state index in [9.17, 15) is 9.90 Å². The van der Waals surface area contributed by atoms with Crippen LogP contribution in [0.15, 0.2) is 36.4 Å². The molecular weight excluding hydrogens is 238 g/mol. The molecule has 96 valence electrons. The summed E-state index contributed by atoms with van der Waals surface area (Å²) in [6.07, 6.45) is 5.38. The second-order valence-corrected chi connectivity index (χ2v) is 4.20. The highest BCUT2D eigenvalue weighted by molar-refractivity contribution is 6.07. The fraction of sp³-hybridized carbons (Fsp3) is 0.188. The van der Waals surface area contributed by atoms with E-state index in [4.69, 9.17) is 6.42 Å². The summed E-state index contributed by atoms with van der Waals surface area (Å²) in [4.78, 5) is 13.3. The molecule has 0 aromatic heterocycles. The van der Waals surface area contributed by atoms with Crippen LogP contribution in [0.5, 0.6) is 0 Å². The zero-order valence-electron chi connectivity index (χ0n) is 10.8. The number of aromatic carboxylic acids is 1. The first kappa shape index (κ1) is 13.0. The molecule has 0 aliphatic rings. The van der Waals surface area contributed by atoms with Gasteiger partial charge >= 0.3 is 5.97 Å². The van der Waals surface area contributed by atoms with Crippen LogP contribution < -0.4 is 4.90 Å². The zero-order valence-corrected chi connectivity index (χ0v) is 10.8. The molecule has 2 aromatic rings. The van der Waals surface area contributed by atoms with Gasteiger partial charge in [-0.05, 0) is 24.4 Å². The van der Waals surface area contributed by atoms with Gasteiger partial charge < -0.3 is 10.0 Å². The van der Waals surface area contributed by atoms with Gasteiger partial charge in [-0.1, -0.05) is 30.2 Å². The van der Waals surface area contributed by atoms with Crippen molar-refractivity contribution in [2.75, 3.05) is 18.0 Å². The predicted octanol–water partition coefficient (Wildman–Crippen LogP) is 3.00. The lowest BCUT2D eigenvalue weighted by molar-refractivity contribution is 0.0699. The van der Waals surface area contributed by atoms with Gasteiger partial charge in [-0.15, -0.1) is 6.42 Å². The summed E-state index contributed by atoms with van der Waals surface area (Å²) in [6, 6.07) is 11.0. The third kappa shape index (κ3) is 2.38. The number of terminal acetylenes is 1. The molecule has 0 saturated heterocycles. The molecule has 3 nitrogen and oxygen atoms in total. The van der Waals surface area contributed by atoms with Crippen molar-refractivity contribution in [3.8, 4) is 12.3 Å². The van der Waals surface area contributed by atoms with Crippen LogP contribution in [-0.4, -0.2) is 24.2 Å². The summed E-state index contributed by atoms with van der Waals surface area (Å²) >= 11 is 0. The summed E-state index contributed by atoms with van der Waals surface area (Å²) in [7, 11) is 0. The Bertz CT molecular complexity index is 655. The molecule has 0 radical (unpaired) electrons. The Hall–Kier alpha value is -2.47. The fourth-order valence-corrected chi connectivity index (χ4v) is 2.22. The molecule has 0 aliphatic heterocycles. The molecule has 0 spiro atoms. The van der Waals surface area contributed by atoms with Crippen LogP contribution >= 0.6 is 0 Å². The number of hydrogen-bond donors (Lipinski definition) is 1. The lowest BCUT2D eigenvalue weighted by Crippen LogP contribution is -2.23. The quantitative estimate of drug-likeness (QED) is 0.851. The number of anilines is 1. The molecule has 0 aliphatic carbocycles. The molecule has 3 heteroatoms. The van der Waals surface area contributed by atoms with Crippen LogP contribution in [0.2, 0.25) is 0 Å². The Labute approximate surface area is 112 Å². The van der Waals surface area contributed by atoms with Gasteiger partial charge in [-0.3, -0.25) is 0 Å². The Kier molecular flexibility index (Phi) is 3.72. The van der Waals surface area contributed by atoms with Crippen LogP contribution in [0.1, 0.15) is 17.3 Å². The molecule has 0 atom stereocenters. The van der Waals surface area contributed by atoms with Crippen molar-refractivity contribution in [1.29, 1.82) is 0 Å². The predicted molar refractivity (Wildman–Crippen MR) is 77.6 cm³/mol. The minimum atomic E-state index is -0.914. The SMILES string of the molecule is C#CCN(CC)c1ccc(C(=O)O)c2ccccc12. The molecule has 2 aromatic carbocycles. The van der Waals surface area contributed by atoms with Gasteiger partial charge in [-0.25, -0.2) is 4.79 Å². The van der Waals surface area contributed by atoms with E-state index in [0.717, 1.165) is 23.0 Å². The molecule has 1 N–H and O–H groups in total. The number of carbonyl (C=O) groups is 1. The van der Waals surface area contributed by atoms with Crippen molar-refractivity contribution >= 4 is 22.4 Å². The van der Waals surface area contributed by atoms with Gasteiger partial charge in [0.15, 0.2) is 0 Å². The number of rotatable bonds is 4. The highest BCUT2D eigenvalue weighted by atomic mass is 16.4. The largest absolute Gasteiger partial charge is 0.478 e. The maximum absolute atomic E-state index is 11.2. The van der Waals surface area contributed by atoms with Crippen LogP contribution in [-0.2, 0) is 0 Å². The summed E-state index contributed by atoms with van der Waals surface area (Å²) < 4.78 is 0. The van der Waals surface area contributed by atoms with Crippen molar-refractivity contribution in [1.82, 2.24) is 0 Å². The molecule has 0 fully saturated rings. The number of carboxylic acids is 1. The van der Waals surface area contributed by atoms with Crippen LogP contribution in [0.25, 0.3) is 10.8 Å². The first-order valence-corrected chi connectivity index (χ1v) is 6.12. The van der Waals surface area contributed by atoms with Gasteiger partial charge in [0, 0.05) is 17.6 Å². The molecule has 0 saturated carbocycles. The molecule has 0 amide bonds. The average molecular weight is 253 g/mol. The summed E-state index contributed by atoms with van der Waals surface area (Å²) in [5.41, 5.74) is 1.29. The summed E-state index contributed by atoms with van der Waals surface area (Å²) in [5.74, 6) is 1.71. The summed E-state index contributed by atoms with van der Waals surface area (Å²) in [5, 5.41) is 10.9. The smallest absolute Gasteiger partial charge is 0.336 e. The van der Waals surface area contributed by atoms with E-state index in [1.165, 1.54) is 0 Å². The monoisotopic (exact) mass is 253 g/mol. The lowest BCUT2D eigenvalue weighted by atomic mass is 10.0. The maximum atomic E-state index is 11.2. The Morgan fingerprint density at radius 3 is 2.53 bits per heavy atom. The fourth-order valence-electron chi connectivity index (χ4n) is 2.22. The first-order chi connectivity index (χ1) is 9.19. The lowest BCUT2D eigenvalue weighted by Gasteiger charge is -2.22. The minimum Gasteiger partial charge on any atom is -0.478 e. The third-order valence-electron chi connectivity index (χ3n) is 3.14. The maximum Gasteiger partial charge on any atom is 0.336 e. The highest BCUT2D eigenvalue weighted by Gasteiger charge is 2.13. The molecule has 0 heterocycles. The molecule has 2 rings (SSSR count). The number of benzene rings is 2. The van der Waals surface area contributed by atoms with Gasteiger partial charge in [0.2, 0.25) is 0 Å². The van der Waals surface area contributed by atoms with E-state index in [1.807, 2.05) is 42.2 Å². The van der Waals surface area contributed by atoms with Crippen molar-refractivity contribution in [3.63, 3.8) is 0 Å². The van der Waals surface area contributed by atoms with Crippen molar-refractivity contribution in [2.24, 2.45) is 0 Å². The van der Waals surface area contributed by atoms with Crippen molar-refractivity contribution in [3.05, 3.63) is 42.0 Å². The number of carboxylic acid groups (broad SMARTS) is 1. The highest BCUT2D eigenvalue weighted by Crippen LogP contribution is 2.29. The molecular formula is C16H15NO2. The minimum absolute atomic E-state index is 0.316. The normalized spacial score (nSPS) is 10.1. The van der Waals surface area contributed by atoms with Gasteiger partial charge in [0.05, 0.1) is 12.1 Å². The topological polar surface area (TPSA) is 40.5 Å². The number of fused-ring (bicyclic) bond motifs is 1.